The van der Waals surface area contributed by atoms with Gasteiger partial charge in [-0.25, -0.2) is 0 Å². The van der Waals surface area contributed by atoms with E-state index in [9.17, 15) is 13.5 Å². The van der Waals surface area contributed by atoms with Gasteiger partial charge in [0.05, 0.1) is 18.5 Å². The van der Waals surface area contributed by atoms with E-state index in [1.165, 1.54) is 0 Å². The Morgan fingerprint density at radius 1 is 1.22 bits per heavy atom. The summed E-state index contributed by atoms with van der Waals surface area (Å²) in [5, 5.41) is 10.9. The molecule has 104 valence electrons. The molecule has 2 aliphatic carbocycles. The van der Waals surface area contributed by atoms with Gasteiger partial charge in [0.15, 0.2) is 0 Å². The highest BCUT2D eigenvalue weighted by molar-refractivity contribution is 7.85. The lowest BCUT2D eigenvalue weighted by molar-refractivity contribution is -0.131. The molecule has 2 atom stereocenters. The fraction of sp³-hybridized carbons (Fsp3) is 0.846. The number of hydrogen-bond acceptors (Lipinski definition) is 4. The van der Waals surface area contributed by atoms with Gasteiger partial charge in [-0.3, -0.25) is 4.18 Å². The molecule has 18 heavy (non-hydrogen) atoms. The van der Waals surface area contributed by atoms with Gasteiger partial charge in [-0.2, -0.15) is 8.42 Å². The minimum absolute atomic E-state index is 0.115. The summed E-state index contributed by atoms with van der Waals surface area (Å²) in [6.45, 7) is 0.115. The maximum atomic E-state index is 11.2. The van der Waals surface area contributed by atoms with E-state index in [2.05, 4.69) is 6.08 Å². The van der Waals surface area contributed by atoms with E-state index in [1.54, 1.807) is 0 Å². The van der Waals surface area contributed by atoms with E-state index < -0.39 is 21.1 Å². The lowest BCUT2D eigenvalue weighted by atomic mass is 9.61. The molecule has 4 nitrogen and oxygen atoms in total. The summed E-state index contributed by atoms with van der Waals surface area (Å²) in [6, 6.07) is 0. The van der Waals surface area contributed by atoms with Crippen molar-refractivity contribution in [2.24, 2.45) is 5.41 Å². The molecule has 0 spiro atoms. The molecule has 1 saturated carbocycles. The van der Waals surface area contributed by atoms with Crippen molar-refractivity contribution in [3.05, 3.63) is 12.2 Å². The zero-order valence-corrected chi connectivity index (χ0v) is 11.7. The Kier molecular flexibility index (Phi) is 3.85. The van der Waals surface area contributed by atoms with Crippen molar-refractivity contribution >= 4 is 10.1 Å². The molecule has 0 saturated heterocycles. The summed E-state index contributed by atoms with van der Waals surface area (Å²) in [4.78, 5) is 0. The van der Waals surface area contributed by atoms with Crippen LogP contribution < -0.4 is 0 Å². The molecule has 2 aliphatic rings. The fourth-order valence-electron chi connectivity index (χ4n) is 3.31. The molecule has 1 fully saturated rings. The molecule has 2 rings (SSSR count). The first-order valence-electron chi connectivity index (χ1n) is 6.59. The van der Waals surface area contributed by atoms with Gasteiger partial charge >= 0.3 is 0 Å². The predicted molar refractivity (Wildman–Crippen MR) is 69.6 cm³/mol. The monoisotopic (exact) mass is 274 g/mol. The summed E-state index contributed by atoms with van der Waals surface area (Å²) < 4.78 is 27.5. The molecule has 0 aromatic rings. The van der Waals surface area contributed by atoms with Crippen molar-refractivity contribution in [3.63, 3.8) is 0 Å². The molecule has 5 heteroatoms. The smallest absolute Gasteiger partial charge is 0.264 e. The molecular formula is C13H22O4S. The first-order valence-corrected chi connectivity index (χ1v) is 8.40. The third kappa shape index (κ3) is 2.78. The average Bonchev–Trinajstić information content (AvgIpc) is 2.45. The SMILES string of the molecule is CS(=O)(=O)OC[C@]12CCC=CC[C@@]1(O)CCCC2. The number of aliphatic hydroxyl groups is 1. The molecule has 0 radical (unpaired) electrons. The lowest BCUT2D eigenvalue weighted by Gasteiger charge is -2.49. The quantitative estimate of drug-likeness (QED) is 0.631. The Bertz CT molecular complexity index is 428. The molecule has 0 aliphatic heterocycles. The minimum Gasteiger partial charge on any atom is -0.389 e. The largest absolute Gasteiger partial charge is 0.389 e. The van der Waals surface area contributed by atoms with Crippen molar-refractivity contribution in [2.45, 2.75) is 50.5 Å². The fourth-order valence-corrected chi connectivity index (χ4v) is 3.75. The minimum atomic E-state index is -3.45. The summed E-state index contributed by atoms with van der Waals surface area (Å²) >= 11 is 0. The van der Waals surface area contributed by atoms with Crippen molar-refractivity contribution in [2.75, 3.05) is 12.9 Å². The highest BCUT2D eigenvalue weighted by atomic mass is 32.2. The summed E-state index contributed by atoms with van der Waals surface area (Å²) in [7, 11) is -3.45. The summed E-state index contributed by atoms with van der Waals surface area (Å²) in [5.41, 5.74) is -1.21. The van der Waals surface area contributed by atoms with Crippen molar-refractivity contribution in [1.82, 2.24) is 0 Å². The highest BCUT2D eigenvalue weighted by Crippen LogP contribution is 2.51. The van der Waals surface area contributed by atoms with Crippen molar-refractivity contribution < 1.29 is 17.7 Å². The summed E-state index contributed by atoms with van der Waals surface area (Å²) in [5.74, 6) is 0. The number of hydrogen-bond donors (Lipinski definition) is 1. The second-order valence-corrected chi connectivity index (χ2v) is 7.34. The van der Waals surface area contributed by atoms with Gasteiger partial charge < -0.3 is 5.11 Å². The van der Waals surface area contributed by atoms with Gasteiger partial charge in [-0.05, 0) is 32.1 Å². The molecule has 0 heterocycles. The van der Waals surface area contributed by atoms with E-state index in [-0.39, 0.29) is 6.61 Å². The maximum Gasteiger partial charge on any atom is 0.264 e. The molecule has 0 bridgehead atoms. The third-order valence-electron chi connectivity index (χ3n) is 4.44. The van der Waals surface area contributed by atoms with Gasteiger partial charge in [0.1, 0.15) is 0 Å². The lowest BCUT2D eigenvalue weighted by Crippen LogP contribution is -2.52. The molecule has 0 aromatic carbocycles. The Morgan fingerprint density at radius 3 is 2.67 bits per heavy atom. The zero-order valence-electron chi connectivity index (χ0n) is 10.9. The highest BCUT2D eigenvalue weighted by Gasteiger charge is 2.51. The molecule has 0 aromatic heterocycles. The Labute approximate surface area is 109 Å². The van der Waals surface area contributed by atoms with Gasteiger partial charge in [-0.15, -0.1) is 0 Å². The van der Waals surface area contributed by atoms with Crippen LogP contribution in [0.5, 0.6) is 0 Å². The van der Waals surface area contributed by atoms with E-state index in [4.69, 9.17) is 4.18 Å². The van der Waals surface area contributed by atoms with Crippen LogP contribution in [0.2, 0.25) is 0 Å². The number of rotatable bonds is 3. The van der Waals surface area contributed by atoms with Crippen molar-refractivity contribution in [1.29, 1.82) is 0 Å². The molecule has 0 amide bonds. The van der Waals surface area contributed by atoms with Crippen molar-refractivity contribution in [3.8, 4) is 0 Å². The Balaban J connectivity index is 2.23. The van der Waals surface area contributed by atoms with Crippen LogP contribution in [0.25, 0.3) is 0 Å². The van der Waals surface area contributed by atoms with Crippen LogP contribution in [-0.4, -0.2) is 32.0 Å². The predicted octanol–water partition coefficient (Wildman–Crippen LogP) is 1.99. The molecular weight excluding hydrogens is 252 g/mol. The third-order valence-corrected chi connectivity index (χ3v) is 4.99. The van der Waals surface area contributed by atoms with Crippen LogP contribution in [0.4, 0.5) is 0 Å². The standard InChI is InChI=1S/C13H22O4S/c1-18(15,16)17-11-12-7-3-2-4-9-13(12,14)10-6-5-8-12/h2,4,14H,3,5-11H2,1H3/t12-,13-/m1/s1. The van der Waals surface area contributed by atoms with Crippen LogP contribution in [0.3, 0.4) is 0 Å². The first-order chi connectivity index (χ1) is 8.37. The first kappa shape index (κ1) is 14.0. The molecule has 0 unspecified atom stereocenters. The number of fused-ring (bicyclic) bond motifs is 1. The van der Waals surface area contributed by atoms with E-state index in [0.29, 0.717) is 6.42 Å². The average molecular weight is 274 g/mol. The summed E-state index contributed by atoms with van der Waals surface area (Å²) in [6.07, 6.45) is 11.1. The van der Waals surface area contributed by atoms with Gasteiger partial charge in [0.25, 0.3) is 10.1 Å². The van der Waals surface area contributed by atoms with Crippen LogP contribution in [0.1, 0.15) is 44.9 Å². The maximum absolute atomic E-state index is 11.2. The van der Waals surface area contributed by atoms with E-state index in [0.717, 1.165) is 44.8 Å². The second kappa shape index (κ2) is 4.94. The molecule has 1 N–H and O–H groups in total. The zero-order chi connectivity index (χ0) is 13.3. The Morgan fingerprint density at radius 2 is 1.94 bits per heavy atom. The topological polar surface area (TPSA) is 63.6 Å². The van der Waals surface area contributed by atoms with Crippen LogP contribution in [0, 0.1) is 5.41 Å². The van der Waals surface area contributed by atoms with Gasteiger partial charge in [-0.1, -0.05) is 25.0 Å². The van der Waals surface area contributed by atoms with Gasteiger partial charge in [0, 0.05) is 5.41 Å². The van der Waals surface area contributed by atoms with Crippen LogP contribution >= 0.6 is 0 Å². The second-order valence-electron chi connectivity index (χ2n) is 5.70. The number of allylic oxidation sites excluding steroid dienone is 1. The normalized spacial score (nSPS) is 37.0. The van der Waals surface area contributed by atoms with Crippen LogP contribution in [0.15, 0.2) is 12.2 Å². The van der Waals surface area contributed by atoms with E-state index in [1.807, 2.05) is 6.08 Å². The Hall–Kier alpha value is -0.390. The van der Waals surface area contributed by atoms with Gasteiger partial charge in [0.2, 0.25) is 0 Å². The van der Waals surface area contributed by atoms with E-state index >= 15 is 0 Å². The van der Waals surface area contributed by atoms with Crippen LogP contribution in [-0.2, 0) is 14.3 Å².